The molecule has 1 aromatic carbocycles. The lowest BCUT2D eigenvalue weighted by atomic mass is 9.98. The first-order chi connectivity index (χ1) is 9.81. The Bertz CT molecular complexity index is 577. The average molecular weight is 374 g/mol. The van der Waals surface area contributed by atoms with Crippen LogP contribution in [0.5, 0.6) is 0 Å². The summed E-state index contributed by atoms with van der Waals surface area (Å²) in [7, 11) is 0. The van der Waals surface area contributed by atoms with Gasteiger partial charge in [-0.25, -0.2) is 0 Å². The molecule has 1 aliphatic heterocycles. The Balaban J connectivity index is 2.41. The van der Waals surface area contributed by atoms with Crippen molar-refractivity contribution in [3.8, 4) is 0 Å². The van der Waals surface area contributed by atoms with Crippen molar-refractivity contribution in [3.05, 3.63) is 27.7 Å². The molecule has 0 bridgehead atoms. The van der Waals surface area contributed by atoms with Crippen molar-refractivity contribution < 1.29 is 9.59 Å². The lowest BCUT2D eigenvalue weighted by Gasteiger charge is -2.38. The average Bonchev–Trinajstić information content (AvgIpc) is 2.39. The van der Waals surface area contributed by atoms with Crippen LogP contribution >= 0.6 is 27.5 Å². The quantitative estimate of drug-likeness (QED) is 0.883. The van der Waals surface area contributed by atoms with Crippen molar-refractivity contribution in [1.82, 2.24) is 5.32 Å². The number of hydrogen-bond donors (Lipinski definition) is 1. The van der Waals surface area contributed by atoms with Gasteiger partial charge in [0.15, 0.2) is 0 Å². The molecule has 2 atom stereocenters. The summed E-state index contributed by atoms with van der Waals surface area (Å²) in [5, 5.41) is 3.33. The third-order valence-corrected chi connectivity index (χ3v) is 4.40. The van der Waals surface area contributed by atoms with Crippen LogP contribution in [0.15, 0.2) is 22.7 Å². The SMILES string of the molecule is CC(C)CC1NC(=O)C(C)N(c2cc(Cl)ccc2Br)C1=O. The number of nitrogens with one attached hydrogen (secondary N) is 1. The molecule has 0 aliphatic carbocycles. The number of anilines is 1. The van der Waals surface area contributed by atoms with Crippen LogP contribution in [0.3, 0.4) is 0 Å². The van der Waals surface area contributed by atoms with Crippen molar-refractivity contribution in [1.29, 1.82) is 0 Å². The fraction of sp³-hybridized carbons (Fsp3) is 0.467. The molecule has 4 nitrogen and oxygen atoms in total. The van der Waals surface area contributed by atoms with Gasteiger partial charge in [0, 0.05) is 9.50 Å². The highest BCUT2D eigenvalue weighted by Gasteiger charge is 2.39. The van der Waals surface area contributed by atoms with Crippen LogP contribution in [-0.4, -0.2) is 23.9 Å². The molecular weight excluding hydrogens is 356 g/mol. The van der Waals surface area contributed by atoms with Crippen LogP contribution in [0.4, 0.5) is 5.69 Å². The van der Waals surface area contributed by atoms with Gasteiger partial charge in [0.2, 0.25) is 11.8 Å². The summed E-state index contributed by atoms with van der Waals surface area (Å²) in [5.74, 6) is 0.0724. The van der Waals surface area contributed by atoms with Crippen LogP contribution in [-0.2, 0) is 9.59 Å². The monoisotopic (exact) mass is 372 g/mol. The molecule has 1 N–H and O–H groups in total. The van der Waals surface area contributed by atoms with E-state index in [-0.39, 0.29) is 11.8 Å². The van der Waals surface area contributed by atoms with Gasteiger partial charge in [-0.15, -0.1) is 0 Å². The molecule has 0 radical (unpaired) electrons. The highest BCUT2D eigenvalue weighted by Crippen LogP contribution is 2.33. The molecule has 1 aliphatic rings. The third kappa shape index (κ3) is 3.40. The fourth-order valence-electron chi connectivity index (χ4n) is 2.46. The van der Waals surface area contributed by atoms with Crippen LogP contribution in [0.1, 0.15) is 27.2 Å². The first kappa shape index (κ1) is 16.3. The number of amides is 2. The standard InChI is InChI=1S/C15H18BrClN2O2/c1-8(2)6-12-15(21)19(9(3)14(20)18-12)13-7-10(17)4-5-11(13)16/h4-5,7-9,12H,6H2,1-3H3,(H,18,20). The lowest BCUT2D eigenvalue weighted by molar-refractivity contribution is -0.133. The largest absolute Gasteiger partial charge is 0.342 e. The van der Waals surface area contributed by atoms with Gasteiger partial charge in [-0.1, -0.05) is 25.4 Å². The summed E-state index contributed by atoms with van der Waals surface area (Å²) in [6.07, 6.45) is 0.617. The number of carbonyl (C=O) groups excluding carboxylic acids is 2. The summed E-state index contributed by atoms with van der Waals surface area (Å²) in [5.41, 5.74) is 0.628. The molecule has 6 heteroatoms. The molecule has 114 valence electrons. The van der Waals surface area contributed by atoms with Crippen molar-refractivity contribution in [2.24, 2.45) is 5.92 Å². The number of rotatable bonds is 3. The predicted molar refractivity (Wildman–Crippen MR) is 87.5 cm³/mol. The van der Waals surface area contributed by atoms with Gasteiger partial charge in [-0.05, 0) is 53.4 Å². The number of hydrogen-bond acceptors (Lipinski definition) is 2. The van der Waals surface area contributed by atoms with Crippen LogP contribution in [0.25, 0.3) is 0 Å². The Labute approximate surface area is 138 Å². The van der Waals surface area contributed by atoms with Crippen LogP contribution in [0, 0.1) is 5.92 Å². The second-order valence-electron chi connectivity index (χ2n) is 5.67. The summed E-state index contributed by atoms with van der Waals surface area (Å²) < 4.78 is 0.741. The van der Waals surface area contributed by atoms with Gasteiger partial charge >= 0.3 is 0 Å². The van der Waals surface area contributed by atoms with E-state index in [9.17, 15) is 9.59 Å². The molecule has 1 heterocycles. The first-order valence-corrected chi connectivity index (χ1v) is 8.07. The molecule has 2 unspecified atom stereocenters. The van der Waals surface area contributed by atoms with Gasteiger partial charge in [-0.3, -0.25) is 14.5 Å². The van der Waals surface area contributed by atoms with E-state index in [2.05, 4.69) is 21.2 Å². The van der Waals surface area contributed by atoms with E-state index in [0.29, 0.717) is 23.0 Å². The van der Waals surface area contributed by atoms with Crippen molar-refractivity contribution in [2.75, 3.05) is 4.90 Å². The smallest absolute Gasteiger partial charge is 0.250 e. The highest BCUT2D eigenvalue weighted by molar-refractivity contribution is 9.10. The summed E-state index contributed by atoms with van der Waals surface area (Å²) >= 11 is 9.46. The number of benzene rings is 1. The molecular formula is C15H18BrClN2O2. The summed E-state index contributed by atoms with van der Waals surface area (Å²) in [4.78, 5) is 26.4. The van der Waals surface area contributed by atoms with Crippen LogP contribution in [0.2, 0.25) is 5.02 Å². The molecule has 0 aromatic heterocycles. The zero-order valence-electron chi connectivity index (χ0n) is 12.2. The number of nitrogens with zero attached hydrogens (tertiary/aromatic N) is 1. The molecule has 2 rings (SSSR count). The van der Waals surface area contributed by atoms with Crippen molar-refractivity contribution in [2.45, 2.75) is 39.3 Å². The highest BCUT2D eigenvalue weighted by atomic mass is 79.9. The minimum absolute atomic E-state index is 0.0984. The minimum Gasteiger partial charge on any atom is -0.342 e. The first-order valence-electron chi connectivity index (χ1n) is 6.89. The Hall–Kier alpha value is -1.07. The maximum atomic E-state index is 12.7. The van der Waals surface area contributed by atoms with E-state index in [1.54, 1.807) is 25.1 Å². The van der Waals surface area contributed by atoms with E-state index in [4.69, 9.17) is 11.6 Å². The molecule has 0 saturated carbocycles. The topological polar surface area (TPSA) is 49.4 Å². The molecule has 0 spiro atoms. The van der Waals surface area contributed by atoms with Gasteiger partial charge < -0.3 is 5.32 Å². The van der Waals surface area contributed by atoms with Gasteiger partial charge in [0.1, 0.15) is 12.1 Å². The van der Waals surface area contributed by atoms with E-state index in [1.165, 1.54) is 4.90 Å². The maximum Gasteiger partial charge on any atom is 0.250 e. The number of halogens is 2. The lowest BCUT2D eigenvalue weighted by Crippen LogP contribution is -2.63. The second kappa shape index (κ2) is 6.36. The maximum absolute atomic E-state index is 12.7. The van der Waals surface area contributed by atoms with Gasteiger partial charge in [0.25, 0.3) is 0 Å². The van der Waals surface area contributed by atoms with E-state index < -0.39 is 12.1 Å². The fourth-order valence-corrected chi connectivity index (χ4v) is 3.06. The molecule has 1 saturated heterocycles. The molecule has 2 amide bonds. The van der Waals surface area contributed by atoms with Gasteiger partial charge in [0.05, 0.1) is 5.69 Å². The Kier molecular flexibility index (Phi) is 4.94. The predicted octanol–water partition coefficient (Wildman–Crippen LogP) is 3.37. The summed E-state index contributed by atoms with van der Waals surface area (Å²) in [6, 6.07) is 4.17. The third-order valence-electron chi connectivity index (χ3n) is 3.49. The van der Waals surface area contributed by atoms with E-state index in [1.807, 2.05) is 13.8 Å². The zero-order valence-corrected chi connectivity index (χ0v) is 14.5. The zero-order chi connectivity index (χ0) is 15.7. The van der Waals surface area contributed by atoms with Crippen molar-refractivity contribution >= 4 is 45.0 Å². The Morgan fingerprint density at radius 3 is 2.67 bits per heavy atom. The molecule has 1 fully saturated rings. The number of carbonyl (C=O) groups is 2. The number of piperazine rings is 1. The Morgan fingerprint density at radius 2 is 2.05 bits per heavy atom. The van der Waals surface area contributed by atoms with Crippen LogP contribution < -0.4 is 10.2 Å². The molecule has 1 aromatic rings. The van der Waals surface area contributed by atoms with Gasteiger partial charge in [-0.2, -0.15) is 0 Å². The van der Waals surface area contributed by atoms with Crippen molar-refractivity contribution in [3.63, 3.8) is 0 Å². The van der Waals surface area contributed by atoms with E-state index >= 15 is 0 Å². The Morgan fingerprint density at radius 1 is 1.38 bits per heavy atom. The minimum atomic E-state index is -0.560. The molecule has 21 heavy (non-hydrogen) atoms. The second-order valence-corrected chi connectivity index (χ2v) is 6.96. The van der Waals surface area contributed by atoms with E-state index in [0.717, 1.165) is 4.47 Å². The summed E-state index contributed by atoms with van der Waals surface area (Å²) in [6.45, 7) is 5.76. The normalized spacial score (nSPS) is 22.7.